The fraction of sp³-hybridized carbons (Fsp3) is 0.231. The van der Waals surface area contributed by atoms with Gasteiger partial charge in [-0.05, 0) is 106 Å². The molecule has 0 amide bonds. The van der Waals surface area contributed by atoms with Gasteiger partial charge in [0.15, 0.2) is 0 Å². The lowest BCUT2D eigenvalue weighted by Crippen LogP contribution is -2.10. The average molecular weight is 413 g/mol. The normalized spacial score (nSPS) is 15.4. The lowest BCUT2D eigenvalue weighted by atomic mass is 9.77. The molecule has 4 aromatic carbocycles. The summed E-state index contributed by atoms with van der Waals surface area (Å²) in [6.07, 6.45) is 7.35. The molecule has 0 saturated carbocycles. The summed E-state index contributed by atoms with van der Waals surface area (Å²) in [4.78, 5) is 0. The van der Waals surface area contributed by atoms with Crippen LogP contribution < -0.4 is 0 Å². The molecule has 0 saturated heterocycles. The predicted molar refractivity (Wildman–Crippen MR) is 119 cm³/mol. The first-order chi connectivity index (χ1) is 13.3. The quantitative estimate of drug-likeness (QED) is 0.305. The van der Waals surface area contributed by atoms with Gasteiger partial charge in [-0.3, -0.25) is 0 Å². The van der Waals surface area contributed by atoms with Gasteiger partial charge in [0.2, 0.25) is 0 Å². The topological polar surface area (TPSA) is 0 Å². The van der Waals surface area contributed by atoms with Gasteiger partial charge in [-0.15, -0.1) is 0 Å². The van der Waals surface area contributed by atoms with Crippen molar-refractivity contribution in [3.63, 3.8) is 0 Å². The average Bonchev–Trinajstić information content (AvgIpc) is 2.72. The van der Waals surface area contributed by atoms with Crippen LogP contribution in [0.4, 0.5) is 0 Å². The van der Waals surface area contributed by atoms with Gasteiger partial charge in [0, 0.05) is 4.47 Å². The smallest absolute Gasteiger partial charge is 0.0216 e. The Balaban J connectivity index is 1.71. The highest BCUT2D eigenvalue weighted by atomic mass is 79.9. The summed E-state index contributed by atoms with van der Waals surface area (Å²) >= 11 is 3.88. The van der Waals surface area contributed by atoms with E-state index in [9.17, 15) is 0 Å². The van der Waals surface area contributed by atoms with Gasteiger partial charge < -0.3 is 0 Å². The predicted octanol–water partition coefficient (Wildman–Crippen LogP) is 7.40. The molecule has 27 heavy (non-hydrogen) atoms. The summed E-state index contributed by atoms with van der Waals surface area (Å²) < 4.78 is 1.33. The molecule has 2 aliphatic rings. The van der Waals surface area contributed by atoms with Crippen molar-refractivity contribution in [3.8, 4) is 11.1 Å². The molecule has 2 aliphatic carbocycles. The molecular weight excluding hydrogens is 392 g/mol. The summed E-state index contributed by atoms with van der Waals surface area (Å²) in [6, 6.07) is 20.6. The van der Waals surface area contributed by atoms with E-state index in [-0.39, 0.29) is 0 Å². The second-order valence-corrected chi connectivity index (χ2v) is 8.93. The summed E-state index contributed by atoms with van der Waals surface area (Å²) in [5.74, 6) is 0. The Hall–Kier alpha value is -2.12. The van der Waals surface area contributed by atoms with E-state index in [1.54, 1.807) is 33.0 Å². The summed E-state index contributed by atoms with van der Waals surface area (Å²) in [5, 5.41) is 5.82. The summed E-state index contributed by atoms with van der Waals surface area (Å²) in [7, 11) is 0. The molecule has 6 rings (SSSR count). The Kier molecular flexibility index (Phi) is 3.50. The maximum atomic E-state index is 3.88. The molecule has 0 fully saturated rings. The van der Waals surface area contributed by atoms with E-state index >= 15 is 0 Å². The van der Waals surface area contributed by atoms with Crippen LogP contribution in [0.1, 0.15) is 35.1 Å². The van der Waals surface area contributed by atoms with Crippen molar-refractivity contribution in [2.24, 2.45) is 0 Å². The number of halogens is 1. The van der Waals surface area contributed by atoms with Gasteiger partial charge in [-0.2, -0.15) is 0 Å². The highest BCUT2D eigenvalue weighted by Crippen LogP contribution is 2.45. The van der Waals surface area contributed by atoms with Gasteiger partial charge in [0.05, 0.1) is 0 Å². The van der Waals surface area contributed by atoms with Crippen LogP contribution in [-0.2, 0) is 25.7 Å². The van der Waals surface area contributed by atoms with Gasteiger partial charge in [-0.25, -0.2) is 0 Å². The molecule has 0 unspecified atom stereocenters. The number of benzene rings is 4. The van der Waals surface area contributed by atoms with E-state index < -0.39 is 0 Å². The van der Waals surface area contributed by atoms with Gasteiger partial charge >= 0.3 is 0 Å². The van der Waals surface area contributed by atoms with Crippen LogP contribution in [0, 0.1) is 0 Å². The number of hydrogen-bond donors (Lipinski definition) is 0. The number of fused-ring (bicyclic) bond motifs is 1. The summed E-state index contributed by atoms with van der Waals surface area (Å²) in [5.41, 5.74) is 9.09. The molecule has 0 nitrogen and oxygen atoms in total. The van der Waals surface area contributed by atoms with Crippen LogP contribution in [-0.4, -0.2) is 0 Å². The van der Waals surface area contributed by atoms with Crippen molar-refractivity contribution in [1.82, 2.24) is 0 Å². The van der Waals surface area contributed by atoms with E-state index in [1.165, 1.54) is 64.9 Å². The lowest BCUT2D eigenvalue weighted by Gasteiger charge is -2.28. The van der Waals surface area contributed by atoms with Crippen LogP contribution in [0.5, 0.6) is 0 Å². The van der Waals surface area contributed by atoms with Gasteiger partial charge in [-0.1, -0.05) is 58.4 Å². The maximum Gasteiger partial charge on any atom is 0.0216 e. The van der Waals surface area contributed by atoms with Crippen molar-refractivity contribution in [1.29, 1.82) is 0 Å². The fourth-order valence-corrected chi connectivity index (χ4v) is 6.01. The molecular formula is C26H21Br. The Bertz CT molecular complexity index is 1230. The van der Waals surface area contributed by atoms with E-state index in [0.29, 0.717) is 0 Å². The van der Waals surface area contributed by atoms with Crippen molar-refractivity contribution in [2.75, 3.05) is 0 Å². The number of aryl methyl sites for hydroxylation is 4. The molecule has 0 spiro atoms. The standard InChI is InChI=1S/C26H21Br/c27-24-15-20-8-3-9-21-23(14-19-7-4-10-22(24)26(19)25(20)21)18-12-11-16-5-1-2-6-17(16)13-18/h1-2,5-6,11-15H,3-4,7-10H2. The first-order valence-electron chi connectivity index (χ1n) is 10.1. The fourth-order valence-electron chi connectivity index (χ4n) is 5.33. The molecule has 0 aromatic heterocycles. The zero-order valence-corrected chi connectivity index (χ0v) is 16.9. The molecule has 1 heteroatoms. The SMILES string of the molecule is Brc1cc2c3c(c(-c4ccc5ccccc5c4)cc4c3c1CCC4)CCC2. The Labute approximate surface area is 168 Å². The first kappa shape index (κ1) is 15.9. The highest BCUT2D eigenvalue weighted by Gasteiger charge is 2.25. The molecule has 132 valence electrons. The highest BCUT2D eigenvalue weighted by molar-refractivity contribution is 9.10. The maximum absolute atomic E-state index is 3.88. The second kappa shape index (κ2) is 5.94. The molecule has 0 atom stereocenters. The van der Waals surface area contributed by atoms with Gasteiger partial charge in [0.25, 0.3) is 0 Å². The Morgan fingerprint density at radius 1 is 0.630 bits per heavy atom. The molecule has 0 N–H and O–H groups in total. The zero-order chi connectivity index (χ0) is 18.0. The van der Waals surface area contributed by atoms with Crippen LogP contribution in [0.15, 0.2) is 59.1 Å². The Morgan fingerprint density at radius 3 is 2.19 bits per heavy atom. The second-order valence-electron chi connectivity index (χ2n) is 8.08. The third-order valence-corrected chi connectivity index (χ3v) is 7.24. The zero-order valence-electron chi connectivity index (χ0n) is 15.3. The minimum Gasteiger partial charge on any atom is -0.0616 e. The van der Waals surface area contributed by atoms with Crippen LogP contribution >= 0.6 is 15.9 Å². The van der Waals surface area contributed by atoms with Crippen molar-refractivity contribution in [3.05, 3.63) is 81.3 Å². The molecule has 0 radical (unpaired) electrons. The van der Waals surface area contributed by atoms with E-state index in [1.807, 2.05) is 0 Å². The molecule has 4 aromatic rings. The van der Waals surface area contributed by atoms with Crippen LogP contribution in [0.2, 0.25) is 0 Å². The minimum absolute atomic E-state index is 1.20. The number of rotatable bonds is 1. The molecule has 0 heterocycles. The largest absolute Gasteiger partial charge is 0.0616 e. The minimum atomic E-state index is 1.20. The van der Waals surface area contributed by atoms with E-state index in [0.717, 1.165) is 0 Å². The Morgan fingerprint density at radius 2 is 1.33 bits per heavy atom. The first-order valence-corrected chi connectivity index (χ1v) is 10.9. The van der Waals surface area contributed by atoms with Crippen LogP contribution in [0.3, 0.4) is 0 Å². The molecule has 0 bridgehead atoms. The third kappa shape index (κ3) is 2.34. The van der Waals surface area contributed by atoms with Crippen molar-refractivity contribution < 1.29 is 0 Å². The number of hydrogen-bond acceptors (Lipinski definition) is 0. The van der Waals surface area contributed by atoms with Crippen molar-refractivity contribution in [2.45, 2.75) is 38.5 Å². The third-order valence-electron chi connectivity index (χ3n) is 6.53. The van der Waals surface area contributed by atoms with E-state index in [2.05, 4.69) is 70.5 Å². The molecule has 0 aliphatic heterocycles. The van der Waals surface area contributed by atoms with Crippen molar-refractivity contribution >= 4 is 37.5 Å². The van der Waals surface area contributed by atoms with Gasteiger partial charge in [0.1, 0.15) is 0 Å². The lowest BCUT2D eigenvalue weighted by molar-refractivity contribution is 0.785. The van der Waals surface area contributed by atoms with E-state index in [4.69, 9.17) is 0 Å². The monoisotopic (exact) mass is 412 g/mol. The summed E-state index contributed by atoms with van der Waals surface area (Å²) in [6.45, 7) is 0. The van der Waals surface area contributed by atoms with Crippen LogP contribution in [0.25, 0.3) is 32.7 Å².